The Balaban J connectivity index is 2.63. The maximum atomic E-state index is 10.5. The van der Waals surface area contributed by atoms with Gasteiger partial charge in [-0.15, -0.1) is 0 Å². The average molecular weight is 266 g/mol. The smallest absolute Gasteiger partial charge is 0.305 e. The number of aromatic nitrogens is 2. The second kappa shape index (κ2) is 6.36. The highest BCUT2D eigenvalue weighted by atomic mass is 16.4. The molecule has 0 aromatic carbocycles. The van der Waals surface area contributed by atoms with E-state index in [9.17, 15) is 4.79 Å². The zero-order chi connectivity index (χ0) is 14.5. The number of carbonyl (C=O) groups is 1. The van der Waals surface area contributed by atoms with Crippen LogP contribution in [0.15, 0.2) is 6.07 Å². The molecule has 0 spiro atoms. The monoisotopic (exact) mass is 266 g/mol. The maximum absolute atomic E-state index is 10.5. The number of aliphatic carboxylic acids is 1. The molecule has 1 heterocycles. The van der Waals surface area contributed by atoms with Crippen molar-refractivity contribution in [2.75, 3.05) is 23.7 Å². The number of nitrogens with one attached hydrogen (secondary N) is 2. The lowest BCUT2D eigenvalue weighted by atomic mass is 9.97. The summed E-state index contributed by atoms with van der Waals surface area (Å²) in [6.45, 7) is 9.38. The maximum Gasteiger partial charge on any atom is 0.305 e. The number of hydrogen-bond donors (Lipinski definition) is 3. The third-order valence-corrected chi connectivity index (χ3v) is 2.28. The van der Waals surface area contributed by atoms with Gasteiger partial charge in [-0.3, -0.25) is 4.79 Å². The van der Waals surface area contributed by atoms with Gasteiger partial charge in [0.05, 0.1) is 6.42 Å². The van der Waals surface area contributed by atoms with Crippen LogP contribution >= 0.6 is 0 Å². The summed E-state index contributed by atoms with van der Waals surface area (Å²) < 4.78 is 0. The molecule has 0 bridgehead atoms. The minimum atomic E-state index is -0.829. The number of carboxylic acids is 1. The standard InChI is InChI=1S/C13H22N4O2/c1-9-16-10(14-6-5-12(18)19)7-11(17-9)15-8-13(2,3)4/h7H,5-6,8H2,1-4H3,(H,18,19)(H2,14,15,16,17). The second-order valence-corrected chi connectivity index (χ2v) is 5.67. The summed E-state index contributed by atoms with van der Waals surface area (Å²) >= 11 is 0. The van der Waals surface area contributed by atoms with E-state index < -0.39 is 5.97 Å². The van der Waals surface area contributed by atoms with Crippen molar-refractivity contribution < 1.29 is 9.90 Å². The molecule has 0 amide bonds. The third-order valence-electron chi connectivity index (χ3n) is 2.28. The summed E-state index contributed by atoms with van der Waals surface area (Å²) in [7, 11) is 0. The predicted octanol–water partition coefficient (Wildman–Crippen LogP) is 2.13. The molecule has 0 aliphatic rings. The van der Waals surface area contributed by atoms with Crippen molar-refractivity contribution in [3.05, 3.63) is 11.9 Å². The van der Waals surface area contributed by atoms with Gasteiger partial charge in [0.25, 0.3) is 0 Å². The summed E-state index contributed by atoms with van der Waals surface area (Å²) in [5, 5.41) is 14.8. The summed E-state index contributed by atoms with van der Waals surface area (Å²) in [5.41, 5.74) is 0.162. The lowest BCUT2D eigenvalue weighted by Crippen LogP contribution is -2.20. The van der Waals surface area contributed by atoms with Gasteiger partial charge in [-0.1, -0.05) is 20.8 Å². The largest absolute Gasteiger partial charge is 0.481 e. The summed E-state index contributed by atoms with van der Waals surface area (Å²) in [4.78, 5) is 19.0. The first-order valence-electron chi connectivity index (χ1n) is 6.31. The van der Waals surface area contributed by atoms with Crippen LogP contribution < -0.4 is 10.6 Å². The second-order valence-electron chi connectivity index (χ2n) is 5.67. The fourth-order valence-electron chi connectivity index (χ4n) is 1.40. The molecule has 19 heavy (non-hydrogen) atoms. The summed E-state index contributed by atoms with van der Waals surface area (Å²) in [6, 6.07) is 1.79. The first-order chi connectivity index (χ1) is 8.76. The van der Waals surface area contributed by atoms with Crippen LogP contribution in [0.25, 0.3) is 0 Å². The third kappa shape index (κ3) is 6.59. The lowest BCUT2D eigenvalue weighted by molar-refractivity contribution is -0.136. The SMILES string of the molecule is Cc1nc(NCCC(=O)O)cc(NCC(C)(C)C)n1. The Labute approximate surface area is 113 Å². The highest BCUT2D eigenvalue weighted by molar-refractivity contribution is 5.67. The average Bonchev–Trinajstić information content (AvgIpc) is 2.24. The number of nitrogens with zero attached hydrogens (tertiary/aromatic N) is 2. The van der Waals surface area contributed by atoms with Crippen molar-refractivity contribution in [3.8, 4) is 0 Å². The van der Waals surface area contributed by atoms with Crippen molar-refractivity contribution in [3.63, 3.8) is 0 Å². The molecule has 1 rings (SSSR count). The molecule has 0 saturated carbocycles. The Bertz CT molecular complexity index is 441. The zero-order valence-electron chi connectivity index (χ0n) is 11.9. The van der Waals surface area contributed by atoms with Crippen LogP contribution in [0.1, 0.15) is 33.0 Å². The number of hydrogen-bond acceptors (Lipinski definition) is 5. The molecular weight excluding hydrogens is 244 g/mol. The van der Waals surface area contributed by atoms with Gasteiger partial charge < -0.3 is 15.7 Å². The van der Waals surface area contributed by atoms with E-state index in [0.717, 1.165) is 12.4 Å². The molecule has 0 unspecified atom stereocenters. The Morgan fingerprint density at radius 1 is 1.26 bits per heavy atom. The van der Waals surface area contributed by atoms with Crippen LogP contribution in [-0.4, -0.2) is 34.1 Å². The van der Waals surface area contributed by atoms with Crippen LogP contribution in [0.4, 0.5) is 11.6 Å². The van der Waals surface area contributed by atoms with Crippen LogP contribution in [0.3, 0.4) is 0 Å². The van der Waals surface area contributed by atoms with E-state index in [1.165, 1.54) is 0 Å². The minimum absolute atomic E-state index is 0.0633. The Hall–Kier alpha value is -1.85. The Kier molecular flexibility index (Phi) is 5.09. The minimum Gasteiger partial charge on any atom is -0.481 e. The quantitative estimate of drug-likeness (QED) is 0.731. The van der Waals surface area contributed by atoms with Crippen molar-refractivity contribution in [1.82, 2.24) is 9.97 Å². The molecule has 0 atom stereocenters. The van der Waals surface area contributed by atoms with Crippen LogP contribution in [0, 0.1) is 12.3 Å². The molecular formula is C13H22N4O2. The number of rotatable bonds is 6. The van der Waals surface area contributed by atoms with Crippen molar-refractivity contribution >= 4 is 17.6 Å². The first kappa shape index (κ1) is 15.2. The lowest BCUT2D eigenvalue weighted by Gasteiger charge is -2.19. The molecule has 6 nitrogen and oxygen atoms in total. The van der Waals surface area contributed by atoms with E-state index in [0.29, 0.717) is 18.2 Å². The number of anilines is 2. The molecule has 1 aromatic heterocycles. The summed E-state index contributed by atoms with van der Waals surface area (Å²) in [6.07, 6.45) is 0.0633. The van der Waals surface area contributed by atoms with Gasteiger partial charge in [0, 0.05) is 19.2 Å². The van der Waals surface area contributed by atoms with E-state index >= 15 is 0 Å². The molecule has 0 aliphatic carbocycles. The zero-order valence-corrected chi connectivity index (χ0v) is 11.9. The van der Waals surface area contributed by atoms with Crippen LogP contribution in [0.5, 0.6) is 0 Å². The van der Waals surface area contributed by atoms with Crippen LogP contribution in [-0.2, 0) is 4.79 Å². The van der Waals surface area contributed by atoms with Gasteiger partial charge in [-0.25, -0.2) is 9.97 Å². The van der Waals surface area contributed by atoms with E-state index in [2.05, 4.69) is 41.4 Å². The topological polar surface area (TPSA) is 87.1 Å². The van der Waals surface area contributed by atoms with Gasteiger partial charge in [-0.2, -0.15) is 0 Å². The number of carboxylic acid groups (broad SMARTS) is 1. The molecule has 0 saturated heterocycles. The molecule has 106 valence electrons. The van der Waals surface area contributed by atoms with Crippen molar-refractivity contribution in [2.45, 2.75) is 34.1 Å². The highest BCUT2D eigenvalue weighted by Crippen LogP contribution is 2.16. The van der Waals surface area contributed by atoms with E-state index in [-0.39, 0.29) is 11.8 Å². The molecule has 0 aliphatic heterocycles. The van der Waals surface area contributed by atoms with E-state index in [1.807, 2.05) is 6.92 Å². The van der Waals surface area contributed by atoms with Gasteiger partial charge >= 0.3 is 5.97 Å². The molecule has 0 radical (unpaired) electrons. The Morgan fingerprint density at radius 3 is 2.37 bits per heavy atom. The fraction of sp³-hybridized carbons (Fsp3) is 0.615. The van der Waals surface area contributed by atoms with Crippen molar-refractivity contribution in [1.29, 1.82) is 0 Å². The number of aryl methyl sites for hydroxylation is 1. The summed E-state index contributed by atoms with van der Waals surface area (Å²) in [5.74, 6) is 1.21. The molecule has 3 N–H and O–H groups in total. The van der Waals surface area contributed by atoms with E-state index in [1.54, 1.807) is 6.07 Å². The first-order valence-corrected chi connectivity index (χ1v) is 6.31. The Morgan fingerprint density at radius 2 is 1.84 bits per heavy atom. The normalized spacial score (nSPS) is 11.2. The fourth-order valence-corrected chi connectivity index (χ4v) is 1.40. The van der Waals surface area contributed by atoms with Crippen molar-refractivity contribution in [2.24, 2.45) is 5.41 Å². The molecule has 1 aromatic rings. The van der Waals surface area contributed by atoms with Gasteiger partial charge in [0.2, 0.25) is 0 Å². The van der Waals surface area contributed by atoms with Crippen LogP contribution in [0.2, 0.25) is 0 Å². The molecule has 0 fully saturated rings. The van der Waals surface area contributed by atoms with Gasteiger partial charge in [0.15, 0.2) is 0 Å². The van der Waals surface area contributed by atoms with Gasteiger partial charge in [-0.05, 0) is 12.3 Å². The highest BCUT2D eigenvalue weighted by Gasteiger charge is 2.10. The van der Waals surface area contributed by atoms with E-state index in [4.69, 9.17) is 5.11 Å². The van der Waals surface area contributed by atoms with Gasteiger partial charge in [0.1, 0.15) is 17.5 Å². The molecule has 6 heteroatoms. The predicted molar refractivity (Wildman–Crippen MR) is 75.5 cm³/mol.